The number of anilines is 1. The van der Waals surface area contributed by atoms with Gasteiger partial charge in [0.2, 0.25) is 5.91 Å². The van der Waals surface area contributed by atoms with Crippen LogP contribution < -0.4 is 10.9 Å². The molecule has 1 heterocycles. The Morgan fingerprint density at radius 2 is 1.86 bits per heavy atom. The molecule has 0 aliphatic heterocycles. The number of halogens is 2. The molecule has 1 aromatic heterocycles. The first-order chi connectivity index (χ1) is 13.8. The Balaban J connectivity index is 1.79. The van der Waals surface area contributed by atoms with E-state index in [2.05, 4.69) is 5.32 Å². The fourth-order valence-electron chi connectivity index (χ4n) is 2.92. The third-order valence-corrected chi connectivity index (χ3v) is 5.02. The third-order valence-electron chi connectivity index (χ3n) is 4.28. The zero-order valence-corrected chi connectivity index (χ0v) is 17.1. The van der Waals surface area contributed by atoms with Gasteiger partial charge in [-0.15, -0.1) is 0 Å². The Morgan fingerprint density at radius 3 is 2.59 bits per heavy atom. The van der Waals surface area contributed by atoms with E-state index in [1.807, 2.05) is 0 Å². The van der Waals surface area contributed by atoms with Gasteiger partial charge in [0.1, 0.15) is 6.61 Å². The number of ether oxygens (including phenoxy) is 1. The summed E-state index contributed by atoms with van der Waals surface area (Å²) in [5.41, 5.74) is 1.04. The van der Waals surface area contributed by atoms with E-state index < -0.39 is 5.97 Å². The van der Waals surface area contributed by atoms with Crippen LogP contribution in [0.1, 0.15) is 12.5 Å². The molecule has 1 N–H and O–H groups in total. The highest BCUT2D eigenvalue weighted by Gasteiger charge is 2.11. The number of fused-ring (bicyclic) bond motifs is 1. The number of hydrogen-bond acceptors (Lipinski definition) is 4. The number of nitrogens with one attached hydrogen (secondary N) is 1. The lowest BCUT2D eigenvalue weighted by molar-refractivity contribution is -0.141. The summed E-state index contributed by atoms with van der Waals surface area (Å²) >= 11 is 11.9. The number of aromatic nitrogens is 1. The maximum absolute atomic E-state index is 12.7. The topological polar surface area (TPSA) is 77.4 Å². The van der Waals surface area contributed by atoms with Gasteiger partial charge in [-0.1, -0.05) is 35.3 Å². The molecule has 8 heteroatoms. The number of benzene rings is 2. The second-order valence-electron chi connectivity index (χ2n) is 6.39. The lowest BCUT2D eigenvalue weighted by Gasteiger charge is -2.11. The van der Waals surface area contributed by atoms with Crippen molar-refractivity contribution < 1.29 is 14.3 Å². The van der Waals surface area contributed by atoms with Crippen LogP contribution in [0.2, 0.25) is 10.0 Å². The molecule has 150 valence electrons. The van der Waals surface area contributed by atoms with Gasteiger partial charge in [0.15, 0.2) is 0 Å². The Bertz CT molecular complexity index is 1140. The fourth-order valence-corrected chi connectivity index (χ4v) is 3.24. The zero-order valence-electron chi connectivity index (χ0n) is 15.6. The van der Waals surface area contributed by atoms with Crippen LogP contribution in [0.3, 0.4) is 0 Å². The molecule has 0 saturated heterocycles. The smallest absolute Gasteiger partial charge is 0.302 e. The van der Waals surface area contributed by atoms with Crippen molar-refractivity contribution in [1.82, 2.24) is 4.57 Å². The van der Waals surface area contributed by atoms with Crippen LogP contribution in [0.15, 0.2) is 53.5 Å². The number of carbonyl (C=O) groups excluding carboxylic acids is 2. The molecule has 0 saturated carbocycles. The Hall–Kier alpha value is -2.83. The summed E-state index contributed by atoms with van der Waals surface area (Å²) in [6.45, 7) is 1.68. The summed E-state index contributed by atoms with van der Waals surface area (Å²) in [4.78, 5) is 36.0. The van der Waals surface area contributed by atoms with E-state index in [-0.39, 0.29) is 31.0 Å². The fraction of sp³-hybridized carbons (Fsp3) is 0.190. The molecular formula is C21H18Cl2N2O4. The molecule has 0 aliphatic carbocycles. The molecule has 0 unspecified atom stereocenters. The van der Waals surface area contributed by atoms with Crippen molar-refractivity contribution in [3.63, 3.8) is 0 Å². The predicted octanol–water partition coefficient (Wildman–Crippen LogP) is 4.05. The highest BCUT2D eigenvalue weighted by Crippen LogP contribution is 2.24. The Labute approximate surface area is 177 Å². The first-order valence-corrected chi connectivity index (χ1v) is 9.60. The van der Waals surface area contributed by atoms with E-state index in [1.165, 1.54) is 11.5 Å². The average Bonchev–Trinajstić information content (AvgIpc) is 2.67. The average molecular weight is 433 g/mol. The molecule has 0 atom stereocenters. The molecule has 0 fully saturated rings. The molecule has 0 aliphatic rings. The van der Waals surface area contributed by atoms with E-state index in [1.54, 1.807) is 48.7 Å². The molecule has 3 rings (SSSR count). The minimum absolute atomic E-state index is 0.112. The van der Waals surface area contributed by atoms with Gasteiger partial charge in [0, 0.05) is 29.6 Å². The maximum Gasteiger partial charge on any atom is 0.302 e. The number of esters is 1. The van der Waals surface area contributed by atoms with E-state index in [0.717, 1.165) is 5.56 Å². The SMILES string of the molecule is CC(=O)OCCn1ccc2c(NC(=O)Cc3ccc(Cl)c(Cl)c3)cccc2c1=O. The van der Waals surface area contributed by atoms with E-state index >= 15 is 0 Å². The molecule has 0 radical (unpaired) electrons. The third kappa shape index (κ3) is 5.16. The summed E-state index contributed by atoms with van der Waals surface area (Å²) in [5.74, 6) is -0.638. The quantitative estimate of drug-likeness (QED) is 0.595. The largest absolute Gasteiger partial charge is 0.464 e. The van der Waals surface area contributed by atoms with E-state index in [0.29, 0.717) is 26.5 Å². The predicted molar refractivity (Wildman–Crippen MR) is 114 cm³/mol. The van der Waals surface area contributed by atoms with Gasteiger partial charge in [-0.2, -0.15) is 0 Å². The highest BCUT2D eigenvalue weighted by atomic mass is 35.5. The number of nitrogens with zero attached hydrogens (tertiary/aromatic N) is 1. The molecule has 2 aromatic carbocycles. The molecular weight excluding hydrogens is 415 g/mol. The summed E-state index contributed by atoms with van der Waals surface area (Å²) < 4.78 is 6.35. The summed E-state index contributed by atoms with van der Waals surface area (Å²) in [7, 11) is 0. The first kappa shape index (κ1) is 20.9. The van der Waals surface area contributed by atoms with Gasteiger partial charge in [0.25, 0.3) is 5.56 Å². The van der Waals surface area contributed by atoms with Crippen LogP contribution in [0.4, 0.5) is 5.69 Å². The second kappa shape index (κ2) is 9.11. The van der Waals surface area contributed by atoms with Gasteiger partial charge < -0.3 is 14.6 Å². The maximum atomic E-state index is 12.7. The van der Waals surface area contributed by atoms with Crippen LogP contribution >= 0.6 is 23.2 Å². The van der Waals surface area contributed by atoms with E-state index in [9.17, 15) is 14.4 Å². The van der Waals surface area contributed by atoms with Gasteiger partial charge in [-0.05, 0) is 35.9 Å². The lowest BCUT2D eigenvalue weighted by atomic mass is 10.1. The number of hydrogen-bond donors (Lipinski definition) is 1. The Morgan fingerprint density at radius 1 is 1.07 bits per heavy atom. The number of rotatable bonds is 6. The molecule has 0 bridgehead atoms. The van der Waals surface area contributed by atoms with Crippen molar-refractivity contribution in [3.8, 4) is 0 Å². The summed E-state index contributed by atoms with van der Waals surface area (Å²) in [6.07, 6.45) is 1.73. The van der Waals surface area contributed by atoms with Crippen LogP contribution in [-0.2, 0) is 27.3 Å². The lowest BCUT2D eigenvalue weighted by Crippen LogP contribution is -2.23. The summed E-state index contributed by atoms with van der Waals surface area (Å²) in [5, 5.41) is 4.74. The second-order valence-corrected chi connectivity index (χ2v) is 7.21. The number of carbonyl (C=O) groups is 2. The Kier molecular flexibility index (Phi) is 6.56. The first-order valence-electron chi connectivity index (χ1n) is 8.84. The van der Waals surface area contributed by atoms with Gasteiger partial charge in [0.05, 0.1) is 23.0 Å². The highest BCUT2D eigenvalue weighted by molar-refractivity contribution is 6.42. The monoisotopic (exact) mass is 432 g/mol. The summed E-state index contributed by atoms with van der Waals surface area (Å²) in [6, 6.07) is 11.9. The van der Waals surface area contributed by atoms with Crippen molar-refractivity contribution in [1.29, 1.82) is 0 Å². The normalized spacial score (nSPS) is 10.7. The van der Waals surface area contributed by atoms with Crippen molar-refractivity contribution in [3.05, 3.63) is 74.6 Å². The minimum atomic E-state index is -0.397. The van der Waals surface area contributed by atoms with Crippen LogP contribution in [-0.4, -0.2) is 23.1 Å². The minimum Gasteiger partial charge on any atom is -0.464 e. The number of pyridine rings is 1. The zero-order chi connectivity index (χ0) is 21.0. The molecule has 6 nitrogen and oxygen atoms in total. The van der Waals surface area contributed by atoms with Crippen LogP contribution in [0.25, 0.3) is 10.8 Å². The molecule has 0 spiro atoms. The van der Waals surface area contributed by atoms with Crippen molar-refractivity contribution in [2.24, 2.45) is 0 Å². The van der Waals surface area contributed by atoms with E-state index in [4.69, 9.17) is 27.9 Å². The van der Waals surface area contributed by atoms with Crippen molar-refractivity contribution in [2.45, 2.75) is 19.9 Å². The molecule has 3 aromatic rings. The van der Waals surface area contributed by atoms with Crippen LogP contribution in [0.5, 0.6) is 0 Å². The number of amides is 1. The van der Waals surface area contributed by atoms with Gasteiger partial charge in [-0.25, -0.2) is 0 Å². The van der Waals surface area contributed by atoms with Crippen molar-refractivity contribution in [2.75, 3.05) is 11.9 Å². The molecule has 29 heavy (non-hydrogen) atoms. The van der Waals surface area contributed by atoms with Crippen molar-refractivity contribution >= 4 is 51.5 Å². The van der Waals surface area contributed by atoms with Gasteiger partial charge in [-0.3, -0.25) is 14.4 Å². The van der Waals surface area contributed by atoms with Gasteiger partial charge >= 0.3 is 5.97 Å². The molecule has 1 amide bonds. The van der Waals surface area contributed by atoms with Crippen LogP contribution in [0, 0.1) is 0 Å². The standard InChI is InChI=1S/C21H18Cl2N2O4/c1-13(26)29-10-9-25-8-7-15-16(21(25)28)3-2-4-19(15)24-20(27)12-14-5-6-17(22)18(23)11-14/h2-8,11H,9-10,12H2,1H3,(H,24,27).